The smallest absolute Gasteiger partial charge is 0.269 e. The second-order valence-electron chi connectivity index (χ2n) is 6.85. The minimum Gasteiger partial charge on any atom is -0.380 e. The zero-order chi connectivity index (χ0) is 19.2. The number of likely N-dealkylation sites (tertiary alicyclic amines) is 1. The third kappa shape index (κ3) is 4.95. The van der Waals surface area contributed by atoms with E-state index in [1.165, 1.54) is 16.3 Å². The van der Waals surface area contributed by atoms with E-state index in [0.717, 1.165) is 25.1 Å². The van der Waals surface area contributed by atoms with Gasteiger partial charge in [0.1, 0.15) is 6.54 Å². The number of nitrogens with zero attached hydrogens (tertiary/aromatic N) is 4. The highest BCUT2D eigenvalue weighted by Gasteiger charge is 2.26. The molecule has 0 unspecified atom stereocenters. The fourth-order valence-corrected chi connectivity index (χ4v) is 3.20. The van der Waals surface area contributed by atoms with Crippen molar-refractivity contribution in [3.8, 4) is 0 Å². The third-order valence-corrected chi connectivity index (χ3v) is 4.99. The van der Waals surface area contributed by atoms with Crippen molar-refractivity contribution in [2.24, 2.45) is 0 Å². The molecule has 1 aromatic carbocycles. The molecular weight excluding hydrogens is 344 g/mol. The van der Waals surface area contributed by atoms with E-state index in [1.54, 1.807) is 18.2 Å². The van der Waals surface area contributed by atoms with E-state index in [9.17, 15) is 9.59 Å². The number of amides is 1. The highest BCUT2D eigenvalue weighted by Crippen LogP contribution is 2.13. The molecule has 1 aromatic heterocycles. The van der Waals surface area contributed by atoms with Crippen molar-refractivity contribution in [3.63, 3.8) is 0 Å². The normalized spacial score (nSPS) is 16.5. The van der Waals surface area contributed by atoms with Gasteiger partial charge in [-0.1, -0.05) is 30.3 Å². The second kappa shape index (κ2) is 8.81. The van der Waals surface area contributed by atoms with Crippen LogP contribution < -0.4 is 10.5 Å². The predicted molar refractivity (Wildman–Crippen MR) is 104 cm³/mol. The van der Waals surface area contributed by atoms with E-state index >= 15 is 0 Å². The van der Waals surface area contributed by atoms with E-state index < -0.39 is 0 Å². The summed E-state index contributed by atoms with van der Waals surface area (Å²) in [6, 6.07) is 11.7. The first-order valence-electron chi connectivity index (χ1n) is 9.19. The molecule has 0 bridgehead atoms. The van der Waals surface area contributed by atoms with Gasteiger partial charge in [-0.2, -0.15) is 5.10 Å². The molecule has 1 saturated heterocycles. The standard InChI is InChI=1S/C20H26N4O3/c1-22(10-8-16-6-4-3-5-7-16)17-12-19(25)24(21-13-17)15-20(26)23-11-9-18(14-23)27-2/h3-7,12-13,18H,8-11,14-15H2,1-2H3/t18-/m0/s1. The number of rotatable bonds is 7. The summed E-state index contributed by atoms with van der Waals surface area (Å²) in [5.74, 6) is -0.102. The Hall–Kier alpha value is -2.67. The molecule has 7 heteroatoms. The maximum atomic E-state index is 12.4. The quantitative estimate of drug-likeness (QED) is 0.732. The van der Waals surface area contributed by atoms with Crippen molar-refractivity contribution in [1.29, 1.82) is 0 Å². The largest absolute Gasteiger partial charge is 0.380 e. The average molecular weight is 370 g/mol. The Morgan fingerprint density at radius 3 is 2.78 bits per heavy atom. The molecule has 1 amide bonds. The second-order valence-corrected chi connectivity index (χ2v) is 6.85. The minimum atomic E-state index is -0.269. The number of carbonyl (C=O) groups excluding carboxylic acids is 1. The van der Waals surface area contributed by atoms with Crippen LogP contribution in [0.2, 0.25) is 0 Å². The number of anilines is 1. The van der Waals surface area contributed by atoms with Gasteiger partial charge in [-0.15, -0.1) is 0 Å². The predicted octanol–water partition coefficient (Wildman–Crippen LogP) is 1.17. The van der Waals surface area contributed by atoms with Crippen LogP contribution in [0.3, 0.4) is 0 Å². The Morgan fingerprint density at radius 1 is 1.33 bits per heavy atom. The topological polar surface area (TPSA) is 67.7 Å². The number of methoxy groups -OCH3 is 1. The molecule has 1 aliphatic rings. The van der Waals surface area contributed by atoms with Crippen LogP contribution in [-0.4, -0.2) is 60.5 Å². The zero-order valence-corrected chi connectivity index (χ0v) is 15.9. The van der Waals surface area contributed by atoms with Crippen molar-refractivity contribution in [2.45, 2.75) is 25.5 Å². The van der Waals surface area contributed by atoms with E-state index in [0.29, 0.717) is 13.1 Å². The van der Waals surface area contributed by atoms with Gasteiger partial charge < -0.3 is 14.5 Å². The molecule has 2 aromatic rings. The van der Waals surface area contributed by atoms with E-state index in [4.69, 9.17) is 4.74 Å². The first-order valence-corrected chi connectivity index (χ1v) is 9.19. The Kier molecular flexibility index (Phi) is 6.24. The van der Waals surface area contributed by atoms with Gasteiger partial charge in [0.25, 0.3) is 5.56 Å². The fraction of sp³-hybridized carbons (Fsp3) is 0.450. The van der Waals surface area contributed by atoms with E-state index in [2.05, 4.69) is 17.2 Å². The molecule has 2 heterocycles. The number of ether oxygens (including phenoxy) is 1. The van der Waals surface area contributed by atoms with Gasteiger partial charge >= 0.3 is 0 Å². The summed E-state index contributed by atoms with van der Waals surface area (Å²) in [5, 5.41) is 4.19. The summed E-state index contributed by atoms with van der Waals surface area (Å²) in [6.45, 7) is 1.97. The highest BCUT2D eigenvalue weighted by atomic mass is 16.5. The Labute approximate surface area is 159 Å². The SMILES string of the molecule is CO[C@H]1CCN(C(=O)Cn2ncc(N(C)CCc3ccccc3)cc2=O)C1. The first kappa shape index (κ1) is 19.1. The monoisotopic (exact) mass is 370 g/mol. The summed E-state index contributed by atoms with van der Waals surface area (Å²) < 4.78 is 6.50. The van der Waals surface area contributed by atoms with Gasteiger partial charge in [-0.25, -0.2) is 4.68 Å². The van der Waals surface area contributed by atoms with Crippen molar-refractivity contribution >= 4 is 11.6 Å². The Balaban J connectivity index is 1.58. The van der Waals surface area contributed by atoms with Crippen LogP contribution in [0.15, 0.2) is 47.4 Å². The molecule has 1 fully saturated rings. The number of carbonyl (C=O) groups is 1. The van der Waals surface area contributed by atoms with Crippen LogP contribution in [0.25, 0.3) is 0 Å². The molecule has 1 aliphatic heterocycles. The molecule has 0 saturated carbocycles. The molecule has 0 aliphatic carbocycles. The highest BCUT2D eigenvalue weighted by molar-refractivity contribution is 5.76. The van der Waals surface area contributed by atoms with Crippen molar-refractivity contribution in [1.82, 2.24) is 14.7 Å². The molecule has 27 heavy (non-hydrogen) atoms. The van der Waals surface area contributed by atoms with Crippen LogP contribution in [0.1, 0.15) is 12.0 Å². The van der Waals surface area contributed by atoms with Gasteiger partial charge in [0.15, 0.2) is 0 Å². The Bertz CT molecular complexity index is 821. The van der Waals surface area contributed by atoms with Crippen LogP contribution in [0, 0.1) is 0 Å². The van der Waals surface area contributed by atoms with Crippen LogP contribution in [0.4, 0.5) is 5.69 Å². The summed E-state index contributed by atoms with van der Waals surface area (Å²) >= 11 is 0. The van der Waals surface area contributed by atoms with Crippen molar-refractivity contribution in [2.75, 3.05) is 38.7 Å². The lowest BCUT2D eigenvalue weighted by atomic mass is 10.1. The number of hydrogen-bond acceptors (Lipinski definition) is 5. The van der Waals surface area contributed by atoms with Crippen molar-refractivity contribution in [3.05, 3.63) is 58.5 Å². The minimum absolute atomic E-state index is 0.0384. The maximum Gasteiger partial charge on any atom is 0.269 e. The average Bonchev–Trinajstić information content (AvgIpc) is 3.18. The molecule has 0 spiro atoms. The third-order valence-electron chi connectivity index (χ3n) is 4.99. The van der Waals surface area contributed by atoms with Gasteiger partial charge in [0, 0.05) is 39.9 Å². The summed E-state index contributed by atoms with van der Waals surface area (Å²) in [7, 11) is 3.59. The molecule has 144 valence electrons. The lowest BCUT2D eigenvalue weighted by Crippen LogP contribution is -2.36. The molecule has 3 rings (SSSR count). The summed E-state index contributed by atoms with van der Waals surface area (Å²) in [4.78, 5) is 28.5. The molecule has 7 nitrogen and oxygen atoms in total. The lowest BCUT2D eigenvalue weighted by molar-refractivity contribution is -0.131. The first-order chi connectivity index (χ1) is 13.1. The van der Waals surface area contributed by atoms with Gasteiger partial charge in [0.05, 0.1) is 18.0 Å². The van der Waals surface area contributed by atoms with E-state index in [-0.39, 0.29) is 24.1 Å². The fourth-order valence-electron chi connectivity index (χ4n) is 3.20. The lowest BCUT2D eigenvalue weighted by Gasteiger charge is -2.20. The number of benzene rings is 1. The molecule has 1 atom stereocenters. The molecule has 0 radical (unpaired) electrons. The molecule has 0 N–H and O–H groups in total. The van der Waals surface area contributed by atoms with Gasteiger partial charge in [-0.3, -0.25) is 9.59 Å². The maximum absolute atomic E-state index is 12.4. The number of likely N-dealkylation sites (N-methyl/N-ethyl adjacent to an activating group) is 1. The van der Waals surface area contributed by atoms with E-state index in [1.807, 2.05) is 30.1 Å². The zero-order valence-electron chi connectivity index (χ0n) is 15.9. The van der Waals surface area contributed by atoms with Gasteiger partial charge in [0.2, 0.25) is 5.91 Å². The molecular formula is C20H26N4O3. The Morgan fingerprint density at radius 2 is 2.11 bits per heavy atom. The summed E-state index contributed by atoms with van der Waals surface area (Å²) in [6.07, 6.45) is 3.44. The van der Waals surface area contributed by atoms with Crippen molar-refractivity contribution < 1.29 is 9.53 Å². The summed E-state index contributed by atoms with van der Waals surface area (Å²) in [5.41, 5.74) is 1.73. The number of hydrogen-bond donors (Lipinski definition) is 0. The number of aromatic nitrogens is 2. The van der Waals surface area contributed by atoms with Crippen LogP contribution in [-0.2, 0) is 22.5 Å². The van der Waals surface area contributed by atoms with Crippen LogP contribution in [0.5, 0.6) is 0 Å². The van der Waals surface area contributed by atoms with Crippen LogP contribution >= 0.6 is 0 Å². The van der Waals surface area contributed by atoms with Gasteiger partial charge in [-0.05, 0) is 18.4 Å².